The van der Waals surface area contributed by atoms with Crippen molar-refractivity contribution < 1.29 is 9.90 Å². The van der Waals surface area contributed by atoms with E-state index >= 15 is 0 Å². The largest absolute Gasteiger partial charge is 0.396 e. The van der Waals surface area contributed by atoms with E-state index in [9.17, 15) is 4.79 Å². The van der Waals surface area contributed by atoms with Crippen molar-refractivity contribution in [2.24, 2.45) is 5.73 Å². The fourth-order valence-corrected chi connectivity index (χ4v) is 0.560. The van der Waals surface area contributed by atoms with Crippen LogP contribution in [-0.4, -0.2) is 24.0 Å². The summed E-state index contributed by atoms with van der Waals surface area (Å²) < 4.78 is 0. The molecule has 3 N–H and O–H groups in total. The first-order chi connectivity index (χ1) is 4.31. The predicted octanol–water partition coefficient (Wildman–Crippen LogP) is -0.325. The lowest BCUT2D eigenvalue weighted by molar-refractivity contribution is -0.109. The van der Waals surface area contributed by atoms with Crippen LogP contribution in [0.3, 0.4) is 0 Å². The minimum atomic E-state index is -0.337. The van der Waals surface area contributed by atoms with Crippen molar-refractivity contribution in [3.63, 3.8) is 0 Å². The van der Waals surface area contributed by atoms with Gasteiger partial charge in [0.25, 0.3) is 0 Å². The predicted molar refractivity (Wildman–Crippen MR) is 35.0 cm³/mol. The van der Waals surface area contributed by atoms with E-state index in [1.165, 1.54) is 0 Å². The van der Waals surface area contributed by atoms with Crippen LogP contribution in [0.4, 0.5) is 0 Å². The molecule has 0 spiro atoms. The molecule has 0 rings (SSSR count). The highest BCUT2D eigenvalue weighted by Crippen LogP contribution is 1.95. The Morgan fingerprint density at radius 3 is 2.67 bits per heavy atom. The average Bonchev–Trinajstić information content (AvgIpc) is 1.89. The maximum atomic E-state index is 9.91. The molecule has 0 heterocycles. The molecule has 3 nitrogen and oxygen atoms in total. The van der Waals surface area contributed by atoms with Gasteiger partial charge in [-0.15, -0.1) is 0 Å². The molecule has 1 atom stereocenters. The van der Waals surface area contributed by atoms with Crippen LogP contribution in [0.15, 0.2) is 0 Å². The van der Waals surface area contributed by atoms with Crippen molar-refractivity contribution in [2.75, 3.05) is 6.61 Å². The van der Waals surface area contributed by atoms with Gasteiger partial charge in [0.15, 0.2) is 0 Å². The van der Waals surface area contributed by atoms with Gasteiger partial charge in [0.05, 0.1) is 6.04 Å². The maximum absolute atomic E-state index is 9.91. The lowest BCUT2D eigenvalue weighted by Gasteiger charge is -1.99. The number of aliphatic hydroxyl groups is 1. The molecule has 0 aliphatic rings. The van der Waals surface area contributed by atoms with E-state index in [2.05, 4.69) is 0 Å². The molecular weight excluding hydrogens is 118 g/mol. The number of aldehydes is 1. The second-order valence-electron chi connectivity index (χ2n) is 2.02. The summed E-state index contributed by atoms with van der Waals surface area (Å²) in [7, 11) is 0. The summed E-state index contributed by atoms with van der Waals surface area (Å²) in [5.41, 5.74) is 5.26. The highest BCUT2D eigenvalue weighted by Gasteiger charge is 1.96. The number of hydrogen-bond acceptors (Lipinski definition) is 3. The molecular formula is C6H13NO2. The third-order valence-electron chi connectivity index (χ3n) is 1.12. The maximum Gasteiger partial charge on any atom is 0.136 e. The topological polar surface area (TPSA) is 63.3 Å². The third-order valence-corrected chi connectivity index (χ3v) is 1.12. The normalized spacial score (nSPS) is 13.1. The van der Waals surface area contributed by atoms with Gasteiger partial charge in [0, 0.05) is 6.61 Å². The molecule has 0 amide bonds. The van der Waals surface area contributed by atoms with E-state index in [-0.39, 0.29) is 12.6 Å². The summed E-state index contributed by atoms with van der Waals surface area (Å²) in [6.45, 7) is 0.186. The number of carbonyl (C=O) groups is 1. The molecule has 0 bridgehead atoms. The van der Waals surface area contributed by atoms with E-state index in [1.807, 2.05) is 0 Å². The van der Waals surface area contributed by atoms with Crippen LogP contribution in [0, 0.1) is 0 Å². The SMILES string of the molecule is NC(C=O)CCCCO. The second kappa shape index (κ2) is 5.72. The van der Waals surface area contributed by atoms with Crippen LogP contribution in [0.5, 0.6) is 0 Å². The molecule has 0 fully saturated rings. The Balaban J connectivity index is 2.96. The van der Waals surface area contributed by atoms with Gasteiger partial charge in [-0.25, -0.2) is 0 Å². The Bertz CT molecular complexity index is 75.5. The smallest absolute Gasteiger partial charge is 0.136 e. The van der Waals surface area contributed by atoms with E-state index in [4.69, 9.17) is 10.8 Å². The summed E-state index contributed by atoms with van der Waals surface area (Å²) in [6, 6.07) is -0.337. The summed E-state index contributed by atoms with van der Waals surface area (Å²) >= 11 is 0. The van der Waals surface area contributed by atoms with Gasteiger partial charge in [0.1, 0.15) is 6.29 Å². The van der Waals surface area contributed by atoms with Crippen molar-refractivity contribution in [3.8, 4) is 0 Å². The summed E-state index contributed by atoms with van der Waals surface area (Å²) in [5, 5.41) is 8.32. The first-order valence-corrected chi connectivity index (χ1v) is 3.13. The highest BCUT2D eigenvalue weighted by molar-refractivity contribution is 5.56. The molecule has 0 aliphatic heterocycles. The second-order valence-corrected chi connectivity index (χ2v) is 2.02. The van der Waals surface area contributed by atoms with Crippen molar-refractivity contribution in [2.45, 2.75) is 25.3 Å². The highest BCUT2D eigenvalue weighted by atomic mass is 16.2. The Morgan fingerprint density at radius 2 is 2.22 bits per heavy atom. The molecule has 0 radical (unpaired) electrons. The molecule has 0 aromatic carbocycles. The van der Waals surface area contributed by atoms with Crippen LogP contribution in [-0.2, 0) is 4.79 Å². The van der Waals surface area contributed by atoms with Crippen LogP contribution in [0.25, 0.3) is 0 Å². The first kappa shape index (κ1) is 8.59. The molecule has 0 aromatic rings. The summed E-state index contributed by atoms with van der Waals surface area (Å²) in [6.07, 6.45) is 2.99. The van der Waals surface area contributed by atoms with Gasteiger partial charge in [-0.3, -0.25) is 0 Å². The number of rotatable bonds is 5. The molecule has 54 valence electrons. The molecule has 0 saturated carbocycles. The van der Waals surface area contributed by atoms with Crippen molar-refractivity contribution in [3.05, 3.63) is 0 Å². The monoisotopic (exact) mass is 131 g/mol. The Morgan fingerprint density at radius 1 is 1.56 bits per heavy atom. The zero-order chi connectivity index (χ0) is 7.11. The molecule has 0 aromatic heterocycles. The Hall–Kier alpha value is -0.410. The Kier molecular flexibility index (Phi) is 5.46. The molecule has 9 heavy (non-hydrogen) atoms. The van der Waals surface area contributed by atoms with E-state index in [0.29, 0.717) is 6.42 Å². The van der Waals surface area contributed by atoms with Crippen LogP contribution >= 0.6 is 0 Å². The lowest BCUT2D eigenvalue weighted by Crippen LogP contribution is -2.20. The molecule has 0 saturated heterocycles. The standard InChI is InChI=1S/C6H13NO2/c7-6(5-9)3-1-2-4-8/h5-6,8H,1-4,7H2. The van der Waals surface area contributed by atoms with Gasteiger partial charge in [0.2, 0.25) is 0 Å². The molecule has 0 aliphatic carbocycles. The number of unbranched alkanes of at least 4 members (excludes halogenated alkanes) is 1. The number of hydrogen-bond donors (Lipinski definition) is 2. The number of aliphatic hydroxyl groups excluding tert-OH is 1. The summed E-state index contributed by atoms with van der Waals surface area (Å²) in [4.78, 5) is 9.91. The first-order valence-electron chi connectivity index (χ1n) is 3.13. The van der Waals surface area contributed by atoms with E-state index in [0.717, 1.165) is 19.1 Å². The zero-order valence-electron chi connectivity index (χ0n) is 5.42. The van der Waals surface area contributed by atoms with Gasteiger partial charge in [-0.2, -0.15) is 0 Å². The van der Waals surface area contributed by atoms with Crippen molar-refractivity contribution in [1.82, 2.24) is 0 Å². The lowest BCUT2D eigenvalue weighted by atomic mass is 10.1. The van der Waals surface area contributed by atoms with Gasteiger partial charge >= 0.3 is 0 Å². The van der Waals surface area contributed by atoms with Crippen molar-refractivity contribution in [1.29, 1.82) is 0 Å². The van der Waals surface area contributed by atoms with Gasteiger partial charge in [-0.05, 0) is 19.3 Å². The van der Waals surface area contributed by atoms with Crippen LogP contribution < -0.4 is 5.73 Å². The Labute approximate surface area is 54.9 Å². The van der Waals surface area contributed by atoms with E-state index in [1.54, 1.807) is 0 Å². The minimum Gasteiger partial charge on any atom is -0.396 e. The van der Waals surface area contributed by atoms with E-state index < -0.39 is 0 Å². The fraction of sp³-hybridized carbons (Fsp3) is 0.833. The number of carbonyl (C=O) groups excluding carboxylic acids is 1. The average molecular weight is 131 g/mol. The van der Waals surface area contributed by atoms with Crippen molar-refractivity contribution >= 4 is 6.29 Å². The number of nitrogens with two attached hydrogens (primary N) is 1. The summed E-state index contributed by atoms with van der Waals surface area (Å²) in [5.74, 6) is 0. The zero-order valence-corrected chi connectivity index (χ0v) is 5.42. The molecule has 3 heteroatoms. The molecule has 1 unspecified atom stereocenters. The van der Waals surface area contributed by atoms with Gasteiger partial charge in [-0.1, -0.05) is 0 Å². The quantitative estimate of drug-likeness (QED) is 0.397. The van der Waals surface area contributed by atoms with Gasteiger partial charge < -0.3 is 15.6 Å². The van der Waals surface area contributed by atoms with Crippen LogP contribution in [0.1, 0.15) is 19.3 Å². The third kappa shape index (κ3) is 5.46. The fourth-order valence-electron chi connectivity index (χ4n) is 0.560. The minimum absolute atomic E-state index is 0.186. The van der Waals surface area contributed by atoms with Crippen LogP contribution in [0.2, 0.25) is 0 Å².